The van der Waals surface area contributed by atoms with Crippen molar-refractivity contribution in [2.45, 2.75) is 36.4 Å². The van der Waals surface area contributed by atoms with Crippen molar-refractivity contribution in [3.63, 3.8) is 0 Å². The fraction of sp³-hybridized carbons (Fsp3) is 0.263. The van der Waals surface area contributed by atoms with Crippen LogP contribution in [0.1, 0.15) is 29.5 Å². The van der Waals surface area contributed by atoms with Gasteiger partial charge in [0, 0.05) is 24.6 Å². The maximum Gasteiger partial charge on any atom is 0.389 e. The van der Waals surface area contributed by atoms with Gasteiger partial charge in [-0.15, -0.1) is 4.58 Å². The van der Waals surface area contributed by atoms with E-state index in [1.165, 1.54) is 30.3 Å². The first kappa shape index (κ1) is 26.5. The summed E-state index contributed by atoms with van der Waals surface area (Å²) in [6, 6.07) is 7.32. The molecule has 33 heavy (non-hydrogen) atoms. The number of halogens is 5. The quantitative estimate of drug-likeness (QED) is 0.135. The van der Waals surface area contributed by atoms with Gasteiger partial charge in [0.2, 0.25) is 15.9 Å². The standard InChI is InChI=1S/C19H19ClF4N4O4S/c20-28(30)17(25)14-3-1-2-12(16(14)21)10-11-4-6-13(7-5-11)33(31,32)27-15(18(26)29)8-9-19(22,23)24/h1-7,15,25,27,30H,8-10H2,(H2,26,29)/t15-/m1/s1. The van der Waals surface area contributed by atoms with Crippen LogP contribution < -0.4 is 10.5 Å². The number of amidine groups is 1. The molecule has 2 rings (SSSR count). The smallest absolute Gasteiger partial charge is 0.368 e. The van der Waals surface area contributed by atoms with E-state index >= 15 is 0 Å². The van der Waals surface area contributed by atoms with Gasteiger partial charge in [-0.25, -0.2) is 12.8 Å². The number of primary amides is 1. The van der Waals surface area contributed by atoms with Gasteiger partial charge in [0.15, 0.2) is 5.84 Å². The van der Waals surface area contributed by atoms with Crippen molar-refractivity contribution in [3.8, 4) is 0 Å². The summed E-state index contributed by atoms with van der Waals surface area (Å²) in [5, 5.41) is 16.7. The van der Waals surface area contributed by atoms with E-state index in [0.29, 0.717) is 5.56 Å². The van der Waals surface area contributed by atoms with Gasteiger partial charge in [0.05, 0.1) is 10.5 Å². The summed E-state index contributed by atoms with van der Waals surface area (Å²) < 4.78 is 78.6. The largest absolute Gasteiger partial charge is 0.389 e. The number of nitrogens with zero attached hydrogens (tertiary/aromatic N) is 1. The van der Waals surface area contributed by atoms with Crippen molar-refractivity contribution in [1.82, 2.24) is 9.30 Å². The zero-order valence-corrected chi connectivity index (χ0v) is 18.3. The number of amides is 1. The van der Waals surface area contributed by atoms with E-state index in [0.717, 1.165) is 12.1 Å². The Morgan fingerprint density at radius 2 is 1.82 bits per heavy atom. The molecular formula is C19H19ClF4N4O4S. The second-order valence-corrected chi connectivity index (χ2v) is 8.97. The molecule has 0 aromatic heterocycles. The highest BCUT2D eigenvalue weighted by Crippen LogP contribution is 2.23. The minimum Gasteiger partial charge on any atom is -0.368 e. The molecule has 180 valence electrons. The molecule has 0 fully saturated rings. The Bertz CT molecular complexity index is 1130. The van der Waals surface area contributed by atoms with E-state index in [-0.39, 0.29) is 27.0 Å². The SMILES string of the molecule is N=C(c1cccc(Cc2ccc(S(=O)(=O)N[C@H](CCC(F)(F)F)C(N)=O)cc2)c1F)N(O)Cl. The molecule has 0 radical (unpaired) electrons. The van der Waals surface area contributed by atoms with Crippen molar-refractivity contribution in [2.24, 2.45) is 5.73 Å². The third-order valence-corrected chi connectivity index (χ3v) is 6.16. The topological polar surface area (TPSA) is 137 Å². The lowest BCUT2D eigenvalue weighted by Crippen LogP contribution is -2.44. The number of hydrogen-bond donors (Lipinski definition) is 4. The molecule has 5 N–H and O–H groups in total. The van der Waals surface area contributed by atoms with Gasteiger partial charge >= 0.3 is 6.18 Å². The first-order chi connectivity index (χ1) is 15.2. The number of carbonyl (C=O) groups is 1. The fourth-order valence-corrected chi connectivity index (χ4v) is 4.16. The highest BCUT2D eigenvalue weighted by atomic mass is 35.5. The summed E-state index contributed by atoms with van der Waals surface area (Å²) >= 11 is 5.26. The van der Waals surface area contributed by atoms with Crippen molar-refractivity contribution in [2.75, 3.05) is 0 Å². The zero-order chi connectivity index (χ0) is 25.0. The predicted molar refractivity (Wildman–Crippen MR) is 111 cm³/mol. The van der Waals surface area contributed by atoms with Crippen LogP contribution >= 0.6 is 11.8 Å². The van der Waals surface area contributed by atoms with E-state index in [4.69, 9.17) is 28.1 Å². The molecule has 0 bridgehead atoms. The number of nitrogens with one attached hydrogen (secondary N) is 2. The number of alkyl halides is 3. The van der Waals surface area contributed by atoms with Crippen LogP contribution in [0.15, 0.2) is 47.4 Å². The van der Waals surface area contributed by atoms with Crippen LogP contribution in [-0.2, 0) is 21.2 Å². The fourth-order valence-electron chi connectivity index (χ4n) is 2.83. The van der Waals surface area contributed by atoms with Crippen molar-refractivity contribution < 1.29 is 36.0 Å². The molecule has 0 unspecified atom stereocenters. The third-order valence-electron chi connectivity index (χ3n) is 4.50. The molecule has 2 aromatic rings. The van der Waals surface area contributed by atoms with Gasteiger partial charge in [0.25, 0.3) is 0 Å². The van der Waals surface area contributed by atoms with Gasteiger partial charge in [-0.2, -0.15) is 17.9 Å². The second-order valence-electron chi connectivity index (χ2n) is 6.94. The number of carbonyl (C=O) groups excluding carboxylic acids is 1. The van der Waals surface area contributed by atoms with Crippen molar-refractivity contribution in [3.05, 3.63) is 65.0 Å². The summed E-state index contributed by atoms with van der Waals surface area (Å²) in [5.41, 5.74) is 5.35. The van der Waals surface area contributed by atoms with E-state index in [1.807, 2.05) is 4.72 Å². The minimum absolute atomic E-state index is 0.0100. The Balaban J connectivity index is 2.18. The van der Waals surface area contributed by atoms with Gasteiger partial charge < -0.3 is 5.73 Å². The summed E-state index contributed by atoms with van der Waals surface area (Å²) in [7, 11) is -4.37. The van der Waals surface area contributed by atoms with Gasteiger partial charge in [-0.1, -0.05) is 24.3 Å². The second kappa shape index (κ2) is 10.5. The third kappa shape index (κ3) is 7.39. The van der Waals surface area contributed by atoms with E-state index in [1.54, 1.807) is 0 Å². The molecule has 0 aliphatic heterocycles. The van der Waals surface area contributed by atoms with Crippen LogP contribution in [0.25, 0.3) is 0 Å². The lowest BCUT2D eigenvalue weighted by atomic mass is 10.0. The summed E-state index contributed by atoms with van der Waals surface area (Å²) in [5.74, 6) is -2.74. The molecule has 0 saturated heterocycles. The number of nitrogens with two attached hydrogens (primary N) is 1. The number of sulfonamides is 1. The molecule has 8 nitrogen and oxygen atoms in total. The number of benzene rings is 2. The number of hydrogen-bond acceptors (Lipinski definition) is 5. The minimum atomic E-state index is -4.59. The van der Waals surface area contributed by atoms with Gasteiger partial charge in [0.1, 0.15) is 11.9 Å². The molecular weight excluding hydrogens is 492 g/mol. The van der Waals surface area contributed by atoms with Crippen LogP contribution in [-0.4, -0.2) is 42.2 Å². The molecule has 0 saturated carbocycles. The van der Waals surface area contributed by atoms with Crippen LogP contribution in [0.3, 0.4) is 0 Å². The molecule has 1 atom stereocenters. The summed E-state index contributed by atoms with van der Waals surface area (Å²) in [6.45, 7) is 0. The highest BCUT2D eigenvalue weighted by molar-refractivity contribution is 7.89. The Morgan fingerprint density at radius 3 is 2.33 bits per heavy atom. The Morgan fingerprint density at radius 1 is 1.21 bits per heavy atom. The van der Waals surface area contributed by atoms with Gasteiger partial charge in [-0.05, 0) is 35.7 Å². The molecule has 14 heteroatoms. The Kier molecular flexibility index (Phi) is 8.41. The molecule has 0 heterocycles. The molecule has 0 aliphatic rings. The average Bonchev–Trinajstić information content (AvgIpc) is 2.71. The highest BCUT2D eigenvalue weighted by Gasteiger charge is 2.32. The average molecular weight is 511 g/mol. The van der Waals surface area contributed by atoms with Crippen LogP contribution in [0, 0.1) is 11.2 Å². The van der Waals surface area contributed by atoms with Crippen LogP contribution in [0.4, 0.5) is 17.6 Å². The molecule has 1 amide bonds. The maximum absolute atomic E-state index is 14.6. The Labute approximate surface area is 191 Å². The first-order valence-electron chi connectivity index (χ1n) is 9.19. The van der Waals surface area contributed by atoms with Crippen LogP contribution in [0.5, 0.6) is 0 Å². The Hall–Kier alpha value is -2.74. The number of rotatable bonds is 9. The summed E-state index contributed by atoms with van der Waals surface area (Å²) in [6.07, 6.45) is -6.86. The maximum atomic E-state index is 14.6. The van der Waals surface area contributed by atoms with E-state index in [9.17, 15) is 30.8 Å². The monoisotopic (exact) mass is 510 g/mol. The predicted octanol–water partition coefficient (Wildman–Crippen LogP) is 3.06. The zero-order valence-electron chi connectivity index (χ0n) is 16.7. The molecule has 0 spiro atoms. The molecule has 0 aliphatic carbocycles. The van der Waals surface area contributed by atoms with Crippen molar-refractivity contribution in [1.29, 1.82) is 5.41 Å². The molecule has 2 aromatic carbocycles. The van der Waals surface area contributed by atoms with Crippen molar-refractivity contribution >= 4 is 33.5 Å². The lowest BCUT2D eigenvalue weighted by molar-refractivity contribution is -0.138. The van der Waals surface area contributed by atoms with E-state index < -0.39 is 52.6 Å². The first-order valence-corrected chi connectivity index (χ1v) is 11.0. The van der Waals surface area contributed by atoms with Crippen LogP contribution in [0.2, 0.25) is 0 Å². The summed E-state index contributed by atoms with van der Waals surface area (Å²) in [4.78, 5) is 11.0. The normalized spacial score (nSPS) is 12.9. The van der Waals surface area contributed by atoms with E-state index in [2.05, 4.69) is 0 Å². The van der Waals surface area contributed by atoms with Gasteiger partial charge in [-0.3, -0.25) is 15.4 Å². The number of hydroxylamine groups is 1. The lowest BCUT2D eigenvalue weighted by Gasteiger charge is -2.17.